The number of hydrogen-bond acceptors (Lipinski definition) is 6. The lowest BCUT2D eigenvalue weighted by Gasteiger charge is -2.35. The summed E-state index contributed by atoms with van der Waals surface area (Å²) in [5.74, 6) is 0.501. The lowest BCUT2D eigenvalue weighted by Crippen LogP contribution is -2.50. The van der Waals surface area contributed by atoms with Crippen LogP contribution in [0.5, 0.6) is 0 Å². The molecule has 0 spiro atoms. The van der Waals surface area contributed by atoms with Gasteiger partial charge in [0.15, 0.2) is 5.82 Å². The molecule has 5 amide bonds. The molecule has 0 atom stereocenters. The summed E-state index contributed by atoms with van der Waals surface area (Å²) in [6.45, 7) is 2.34. The summed E-state index contributed by atoms with van der Waals surface area (Å²) in [5, 5.41) is 7.42. The average molecular weight is 393 g/mol. The SMILES string of the molecule is O=C1NC(=O)C(=Cc2nccc(N3CCN(C(=O)Nc4ccccc4)CC3)n2)N1. The van der Waals surface area contributed by atoms with Crippen molar-refractivity contribution in [3.05, 3.63) is 54.1 Å². The fourth-order valence-electron chi connectivity index (χ4n) is 3.08. The number of nitrogens with zero attached hydrogens (tertiary/aromatic N) is 4. The normalized spacial score (nSPS) is 17.9. The summed E-state index contributed by atoms with van der Waals surface area (Å²) in [5.41, 5.74) is 0.867. The van der Waals surface area contributed by atoms with E-state index in [1.54, 1.807) is 17.2 Å². The van der Waals surface area contributed by atoms with Gasteiger partial charge in [0.25, 0.3) is 5.91 Å². The highest BCUT2D eigenvalue weighted by Gasteiger charge is 2.24. The first-order chi connectivity index (χ1) is 14.1. The van der Waals surface area contributed by atoms with Crippen molar-refractivity contribution in [3.8, 4) is 0 Å². The standard InChI is InChI=1S/C19H19N7O3/c27-17-14(22-18(28)24-17)12-15-20-7-6-16(23-15)25-8-10-26(11-9-25)19(29)21-13-4-2-1-3-5-13/h1-7,12H,8-11H2,(H,21,29)(H2,22,24,27,28). The lowest BCUT2D eigenvalue weighted by atomic mass is 10.3. The maximum Gasteiger partial charge on any atom is 0.326 e. The van der Waals surface area contributed by atoms with Gasteiger partial charge in [0.2, 0.25) is 0 Å². The van der Waals surface area contributed by atoms with Gasteiger partial charge in [-0.2, -0.15) is 0 Å². The van der Waals surface area contributed by atoms with E-state index in [0.29, 0.717) is 37.8 Å². The molecule has 2 aliphatic rings. The highest BCUT2D eigenvalue weighted by molar-refractivity contribution is 6.13. The van der Waals surface area contributed by atoms with Crippen LogP contribution < -0.4 is 20.9 Å². The summed E-state index contributed by atoms with van der Waals surface area (Å²) >= 11 is 0. The van der Waals surface area contributed by atoms with Crippen LogP contribution in [0.15, 0.2) is 48.3 Å². The van der Waals surface area contributed by atoms with Gasteiger partial charge < -0.3 is 20.4 Å². The molecule has 2 aliphatic heterocycles. The van der Waals surface area contributed by atoms with Crippen molar-refractivity contribution in [2.45, 2.75) is 0 Å². The smallest absolute Gasteiger partial charge is 0.326 e. The van der Waals surface area contributed by atoms with Gasteiger partial charge in [-0.3, -0.25) is 10.1 Å². The van der Waals surface area contributed by atoms with Crippen LogP contribution >= 0.6 is 0 Å². The molecule has 0 unspecified atom stereocenters. The van der Waals surface area contributed by atoms with Gasteiger partial charge in [0.1, 0.15) is 11.5 Å². The maximum absolute atomic E-state index is 12.4. The molecule has 29 heavy (non-hydrogen) atoms. The van der Waals surface area contributed by atoms with Gasteiger partial charge in [0, 0.05) is 44.1 Å². The predicted molar refractivity (Wildman–Crippen MR) is 106 cm³/mol. The Hall–Kier alpha value is -3.95. The quantitative estimate of drug-likeness (QED) is 0.529. The Labute approximate surface area is 166 Å². The van der Waals surface area contributed by atoms with Crippen molar-refractivity contribution in [1.82, 2.24) is 25.5 Å². The number of benzene rings is 1. The number of amides is 5. The van der Waals surface area contributed by atoms with Gasteiger partial charge in [-0.15, -0.1) is 0 Å². The molecule has 1 aromatic carbocycles. The van der Waals surface area contributed by atoms with E-state index in [-0.39, 0.29) is 11.7 Å². The van der Waals surface area contributed by atoms with E-state index in [4.69, 9.17) is 0 Å². The first-order valence-electron chi connectivity index (χ1n) is 9.11. The fraction of sp³-hybridized carbons (Fsp3) is 0.211. The molecule has 0 aliphatic carbocycles. The van der Waals surface area contributed by atoms with E-state index in [2.05, 4.69) is 25.9 Å². The molecular formula is C19H19N7O3. The van der Waals surface area contributed by atoms with E-state index >= 15 is 0 Å². The zero-order valence-corrected chi connectivity index (χ0v) is 15.5. The van der Waals surface area contributed by atoms with Crippen LogP contribution in [0.25, 0.3) is 6.08 Å². The van der Waals surface area contributed by atoms with Crippen molar-refractivity contribution in [3.63, 3.8) is 0 Å². The fourth-order valence-corrected chi connectivity index (χ4v) is 3.08. The molecule has 2 fully saturated rings. The lowest BCUT2D eigenvalue weighted by molar-refractivity contribution is -0.115. The highest BCUT2D eigenvalue weighted by atomic mass is 16.2. The van der Waals surface area contributed by atoms with Crippen LogP contribution in [-0.2, 0) is 4.79 Å². The predicted octanol–water partition coefficient (Wildman–Crippen LogP) is 1.01. The number of para-hydroxylation sites is 1. The van der Waals surface area contributed by atoms with Crippen LogP contribution in [0.3, 0.4) is 0 Å². The number of hydrogen-bond donors (Lipinski definition) is 3. The second kappa shape index (κ2) is 7.97. The van der Waals surface area contributed by atoms with E-state index in [1.165, 1.54) is 6.08 Å². The van der Waals surface area contributed by atoms with Crippen LogP contribution in [0.2, 0.25) is 0 Å². The van der Waals surface area contributed by atoms with E-state index in [9.17, 15) is 14.4 Å². The zero-order valence-electron chi connectivity index (χ0n) is 15.5. The topological polar surface area (TPSA) is 120 Å². The third-order valence-electron chi connectivity index (χ3n) is 4.57. The van der Waals surface area contributed by atoms with E-state index in [0.717, 1.165) is 5.69 Å². The number of rotatable bonds is 3. The third kappa shape index (κ3) is 4.32. The van der Waals surface area contributed by atoms with Gasteiger partial charge in [-0.25, -0.2) is 19.6 Å². The molecule has 1 aromatic heterocycles. The molecule has 2 aromatic rings. The van der Waals surface area contributed by atoms with Gasteiger partial charge in [-0.1, -0.05) is 18.2 Å². The van der Waals surface area contributed by atoms with Crippen LogP contribution in [-0.4, -0.2) is 59.0 Å². The molecule has 3 heterocycles. The Morgan fingerprint density at radius 3 is 2.48 bits per heavy atom. The molecule has 148 valence electrons. The molecule has 2 saturated heterocycles. The Kier molecular flexibility index (Phi) is 5.06. The number of aromatic nitrogens is 2. The van der Waals surface area contributed by atoms with E-state index < -0.39 is 11.9 Å². The zero-order chi connectivity index (χ0) is 20.2. The Bertz CT molecular complexity index is 969. The van der Waals surface area contributed by atoms with Gasteiger partial charge in [-0.05, 0) is 18.2 Å². The number of carbonyl (C=O) groups is 3. The number of anilines is 2. The average Bonchev–Trinajstić information content (AvgIpc) is 3.05. The summed E-state index contributed by atoms with van der Waals surface area (Å²) in [6.07, 6.45) is 3.02. The number of imide groups is 1. The van der Waals surface area contributed by atoms with Crippen LogP contribution in [0, 0.1) is 0 Å². The first-order valence-corrected chi connectivity index (χ1v) is 9.11. The number of urea groups is 2. The minimum atomic E-state index is -0.567. The maximum atomic E-state index is 12.4. The Morgan fingerprint density at radius 1 is 1.03 bits per heavy atom. The summed E-state index contributed by atoms with van der Waals surface area (Å²) < 4.78 is 0. The molecular weight excluding hydrogens is 374 g/mol. The van der Waals surface area contributed by atoms with Crippen molar-refractivity contribution in [1.29, 1.82) is 0 Å². The van der Waals surface area contributed by atoms with Crippen molar-refractivity contribution >= 4 is 35.6 Å². The molecule has 10 heteroatoms. The van der Waals surface area contributed by atoms with Crippen LogP contribution in [0.1, 0.15) is 5.82 Å². The Balaban J connectivity index is 1.37. The minimum absolute atomic E-state index is 0.106. The second-order valence-corrected chi connectivity index (χ2v) is 6.51. The van der Waals surface area contributed by atoms with Crippen molar-refractivity contribution < 1.29 is 14.4 Å². The summed E-state index contributed by atoms with van der Waals surface area (Å²) in [4.78, 5) is 47.6. The molecule has 0 bridgehead atoms. The Morgan fingerprint density at radius 2 is 1.79 bits per heavy atom. The minimum Gasteiger partial charge on any atom is -0.353 e. The highest BCUT2D eigenvalue weighted by Crippen LogP contribution is 2.15. The molecule has 10 nitrogen and oxygen atoms in total. The van der Waals surface area contributed by atoms with E-state index in [1.807, 2.05) is 35.2 Å². The van der Waals surface area contributed by atoms with Crippen LogP contribution in [0.4, 0.5) is 21.1 Å². The largest absolute Gasteiger partial charge is 0.353 e. The number of piperazine rings is 1. The van der Waals surface area contributed by atoms with Crippen molar-refractivity contribution in [2.75, 3.05) is 36.4 Å². The summed E-state index contributed by atoms with van der Waals surface area (Å²) in [7, 11) is 0. The summed E-state index contributed by atoms with van der Waals surface area (Å²) in [6, 6.07) is 10.4. The monoisotopic (exact) mass is 393 g/mol. The van der Waals surface area contributed by atoms with Gasteiger partial charge >= 0.3 is 12.1 Å². The first kappa shape index (κ1) is 18.4. The number of nitrogens with one attached hydrogen (secondary N) is 3. The molecule has 4 rings (SSSR count). The third-order valence-corrected chi connectivity index (χ3v) is 4.57. The van der Waals surface area contributed by atoms with Gasteiger partial charge in [0.05, 0.1) is 0 Å². The van der Waals surface area contributed by atoms with Crippen molar-refractivity contribution in [2.24, 2.45) is 0 Å². The molecule has 0 radical (unpaired) electrons. The second-order valence-electron chi connectivity index (χ2n) is 6.51. The number of carbonyl (C=O) groups excluding carboxylic acids is 3. The molecule has 0 saturated carbocycles. The molecule has 3 N–H and O–H groups in total.